The lowest BCUT2D eigenvalue weighted by Gasteiger charge is -2.33. The second-order valence-electron chi connectivity index (χ2n) is 7.94. The molecule has 1 aliphatic rings. The second-order valence-corrected chi connectivity index (χ2v) is 7.94. The van der Waals surface area contributed by atoms with Crippen LogP contribution < -0.4 is 19.9 Å². The molecule has 0 amide bonds. The Morgan fingerprint density at radius 3 is 2.65 bits per heavy atom. The Balaban J connectivity index is 1.26. The maximum atomic E-state index is 13.3. The van der Waals surface area contributed by atoms with Crippen LogP contribution in [0.1, 0.15) is 33.7 Å². The number of fused-ring (bicyclic) bond motifs is 1. The molecule has 1 aliphatic heterocycles. The number of ether oxygens (including phenoxy) is 3. The van der Waals surface area contributed by atoms with Crippen LogP contribution in [0.3, 0.4) is 0 Å². The molecule has 0 aliphatic carbocycles. The molecule has 0 fully saturated rings. The van der Waals surface area contributed by atoms with E-state index >= 15 is 0 Å². The zero-order valence-electron chi connectivity index (χ0n) is 18.3. The van der Waals surface area contributed by atoms with Crippen molar-refractivity contribution in [2.45, 2.75) is 18.6 Å². The number of benzene rings is 3. The number of hydrogen-bond donors (Lipinski definition) is 2. The summed E-state index contributed by atoms with van der Waals surface area (Å²) in [6, 6.07) is 22.4. The van der Waals surface area contributed by atoms with E-state index in [1.54, 1.807) is 42.5 Å². The number of nitrogens with two attached hydrogens (primary N) is 1. The minimum Gasteiger partial charge on any atom is -0.494 e. The van der Waals surface area contributed by atoms with Crippen molar-refractivity contribution in [3.63, 3.8) is 0 Å². The first-order valence-corrected chi connectivity index (χ1v) is 10.9. The van der Waals surface area contributed by atoms with Crippen molar-refractivity contribution < 1.29 is 19.0 Å². The van der Waals surface area contributed by atoms with E-state index in [-0.39, 0.29) is 24.0 Å². The summed E-state index contributed by atoms with van der Waals surface area (Å²) < 4.78 is 17.6. The molecule has 1 unspecified atom stereocenters. The Labute approximate surface area is 195 Å². The summed E-state index contributed by atoms with van der Waals surface area (Å²) >= 11 is 0. The Morgan fingerprint density at radius 1 is 1.06 bits per heavy atom. The Kier molecular flexibility index (Phi) is 5.92. The van der Waals surface area contributed by atoms with Gasteiger partial charge in [0.15, 0.2) is 17.3 Å². The largest absolute Gasteiger partial charge is 0.494 e. The van der Waals surface area contributed by atoms with Gasteiger partial charge in [-0.1, -0.05) is 36.4 Å². The van der Waals surface area contributed by atoms with Crippen LogP contribution in [-0.2, 0) is 12.1 Å². The molecule has 3 N–H and O–H groups in total. The predicted octanol–water partition coefficient (Wildman–Crippen LogP) is 3.03. The number of aromatic nitrogens is 4. The van der Waals surface area contributed by atoms with Gasteiger partial charge in [0.25, 0.3) is 5.72 Å². The molecule has 34 heavy (non-hydrogen) atoms. The second kappa shape index (κ2) is 9.32. The fourth-order valence-electron chi connectivity index (χ4n) is 3.73. The van der Waals surface area contributed by atoms with E-state index in [4.69, 9.17) is 19.9 Å². The van der Waals surface area contributed by atoms with Crippen LogP contribution in [0.15, 0.2) is 72.8 Å². The molecule has 3 aromatic carbocycles. The van der Waals surface area contributed by atoms with E-state index in [1.807, 2.05) is 18.2 Å². The Bertz CT molecular complexity index is 1260. The highest BCUT2D eigenvalue weighted by molar-refractivity contribution is 6.11. The highest BCUT2D eigenvalue weighted by Gasteiger charge is 2.41. The third-order valence-corrected chi connectivity index (χ3v) is 5.51. The molecule has 1 atom stereocenters. The number of aryl methyl sites for hydroxylation is 1. The zero-order valence-corrected chi connectivity index (χ0v) is 18.3. The van der Waals surface area contributed by atoms with Crippen molar-refractivity contribution in [1.29, 1.82) is 0 Å². The number of H-pyrrole nitrogens is 1. The predicted molar refractivity (Wildman–Crippen MR) is 123 cm³/mol. The van der Waals surface area contributed by atoms with Gasteiger partial charge >= 0.3 is 0 Å². The minimum atomic E-state index is -1.46. The van der Waals surface area contributed by atoms with Gasteiger partial charge < -0.3 is 14.2 Å². The molecule has 0 saturated heterocycles. The standard InChI is InChI=1S/C25H23N5O4/c26-25(24-27-29-30-28-24)16-33-21-10-4-9-20(23(21)34-25)22(31)18-11-13-19(14-12-18)32-15-5-8-17-6-2-1-3-7-17/h1-4,6-7,9-14H,5,8,15-16,26H2,(H,27,28,29,30). The van der Waals surface area contributed by atoms with Gasteiger partial charge in [0, 0.05) is 5.56 Å². The molecule has 9 heteroatoms. The van der Waals surface area contributed by atoms with Gasteiger partial charge in [-0.25, -0.2) is 0 Å². The first-order valence-electron chi connectivity index (χ1n) is 10.9. The van der Waals surface area contributed by atoms with Crippen LogP contribution in [0.5, 0.6) is 17.2 Å². The number of tetrazole rings is 1. The van der Waals surface area contributed by atoms with Crippen molar-refractivity contribution in [3.8, 4) is 17.2 Å². The average molecular weight is 457 g/mol. The number of aromatic amines is 1. The van der Waals surface area contributed by atoms with Crippen LogP contribution >= 0.6 is 0 Å². The summed E-state index contributed by atoms with van der Waals surface area (Å²) in [7, 11) is 0. The molecule has 9 nitrogen and oxygen atoms in total. The summed E-state index contributed by atoms with van der Waals surface area (Å²) in [6.45, 7) is 0.571. The Hall–Kier alpha value is -4.24. The van der Waals surface area contributed by atoms with Gasteiger partial charge in [0.05, 0.1) is 12.2 Å². The van der Waals surface area contributed by atoms with Gasteiger partial charge in [-0.2, -0.15) is 5.21 Å². The van der Waals surface area contributed by atoms with Crippen molar-refractivity contribution in [3.05, 3.63) is 95.3 Å². The molecule has 172 valence electrons. The lowest BCUT2D eigenvalue weighted by atomic mass is 10.0. The monoisotopic (exact) mass is 457 g/mol. The van der Waals surface area contributed by atoms with Gasteiger partial charge in [0.1, 0.15) is 12.4 Å². The van der Waals surface area contributed by atoms with E-state index in [0.29, 0.717) is 29.2 Å². The third kappa shape index (κ3) is 4.46. The zero-order chi connectivity index (χ0) is 23.4. The number of rotatable bonds is 8. The number of carbonyl (C=O) groups is 1. The van der Waals surface area contributed by atoms with Gasteiger partial charge in [-0.3, -0.25) is 10.5 Å². The molecule has 1 aromatic heterocycles. The number of ketones is 1. The molecule has 0 radical (unpaired) electrons. The molecule has 2 heterocycles. The van der Waals surface area contributed by atoms with Gasteiger partial charge in [0.2, 0.25) is 5.82 Å². The first kappa shape index (κ1) is 21.6. The van der Waals surface area contributed by atoms with Crippen molar-refractivity contribution in [2.75, 3.05) is 13.2 Å². The van der Waals surface area contributed by atoms with E-state index in [0.717, 1.165) is 12.8 Å². The molecular weight excluding hydrogens is 434 g/mol. The maximum Gasteiger partial charge on any atom is 0.257 e. The van der Waals surface area contributed by atoms with Gasteiger partial charge in [-0.05, 0) is 60.0 Å². The van der Waals surface area contributed by atoms with E-state index < -0.39 is 5.72 Å². The average Bonchev–Trinajstić information content (AvgIpc) is 3.43. The first-order chi connectivity index (χ1) is 16.6. The smallest absolute Gasteiger partial charge is 0.257 e. The van der Waals surface area contributed by atoms with Gasteiger partial charge in [-0.15, -0.1) is 10.2 Å². The summed E-state index contributed by atoms with van der Waals surface area (Å²) in [5.41, 5.74) is 6.93. The van der Waals surface area contributed by atoms with Crippen LogP contribution in [-0.4, -0.2) is 39.6 Å². The molecule has 5 rings (SSSR count). The number of nitrogens with one attached hydrogen (secondary N) is 1. The normalized spacial score (nSPS) is 16.7. The number of para-hydroxylation sites is 1. The Morgan fingerprint density at radius 2 is 1.88 bits per heavy atom. The molecule has 0 spiro atoms. The lowest BCUT2D eigenvalue weighted by Crippen LogP contribution is -2.51. The molecule has 0 saturated carbocycles. The van der Waals surface area contributed by atoms with Crippen LogP contribution in [0.25, 0.3) is 0 Å². The van der Waals surface area contributed by atoms with Crippen molar-refractivity contribution in [1.82, 2.24) is 20.6 Å². The van der Waals surface area contributed by atoms with E-state index in [1.165, 1.54) is 5.56 Å². The number of carbonyl (C=O) groups excluding carboxylic acids is 1. The maximum absolute atomic E-state index is 13.3. The quantitative estimate of drug-likeness (QED) is 0.306. The lowest BCUT2D eigenvalue weighted by molar-refractivity contribution is -0.0154. The highest BCUT2D eigenvalue weighted by Crippen LogP contribution is 2.40. The summed E-state index contributed by atoms with van der Waals surface area (Å²) in [5, 5.41) is 13.7. The van der Waals surface area contributed by atoms with Crippen LogP contribution in [0.2, 0.25) is 0 Å². The molecule has 4 aromatic rings. The summed E-state index contributed by atoms with van der Waals surface area (Å²) in [5.74, 6) is 1.28. The third-order valence-electron chi connectivity index (χ3n) is 5.51. The highest BCUT2D eigenvalue weighted by atomic mass is 16.6. The van der Waals surface area contributed by atoms with Crippen LogP contribution in [0.4, 0.5) is 0 Å². The minimum absolute atomic E-state index is 0.0204. The summed E-state index contributed by atoms with van der Waals surface area (Å²) in [4.78, 5) is 13.3. The fraction of sp³-hybridized carbons (Fsp3) is 0.200. The van der Waals surface area contributed by atoms with Crippen molar-refractivity contribution in [2.24, 2.45) is 5.73 Å². The molecular formula is C25H23N5O4. The number of nitrogens with zero attached hydrogens (tertiary/aromatic N) is 3. The van der Waals surface area contributed by atoms with Crippen LogP contribution in [0, 0.1) is 0 Å². The topological polar surface area (TPSA) is 125 Å². The van der Waals surface area contributed by atoms with E-state index in [2.05, 4.69) is 32.8 Å². The summed E-state index contributed by atoms with van der Waals surface area (Å²) in [6.07, 6.45) is 1.85. The fourth-order valence-corrected chi connectivity index (χ4v) is 3.73. The van der Waals surface area contributed by atoms with Crippen molar-refractivity contribution >= 4 is 5.78 Å². The number of hydrogen-bond acceptors (Lipinski definition) is 8. The molecule has 0 bridgehead atoms. The van der Waals surface area contributed by atoms with E-state index in [9.17, 15) is 4.79 Å². The SMILES string of the molecule is NC1(c2nn[nH]n2)COc2cccc(C(=O)c3ccc(OCCCc4ccccc4)cc3)c2O1.